The summed E-state index contributed by atoms with van der Waals surface area (Å²) in [5.74, 6) is -0.841. The number of amides is 1. The van der Waals surface area contributed by atoms with Crippen LogP contribution in [0.1, 0.15) is 24.2 Å². The molecular weight excluding hydrogens is 301 g/mol. The van der Waals surface area contributed by atoms with Crippen LogP contribution in [0.25, 0.3) is 0 Å². The molecule has 1 aromatic rings. The summed E-state index contributed by atoms with van der Waals surface area (Å²) in [6, 6.07) is 4.70. The third-order valence-corrected chi connectivity index (χ3v) is 3.21. The van der Waals surface area contributed by atoms with Crippen molar-refractivity contribution in [2.75, 3.05) is 20.3 Å². The maximum Gasteiger partial charge on any atom is 0.257 e. The molecule has 100 valence electrons. The average molecular weight is 318 g/mol. The lowest BCUT2D eigenvalue weighted by Gasteiger charge is -2.26. The number of nitrogens with zero attached hydrogens (tertiary/aromatic N) is 1. The van der Waals surface area contributed by atoms with Crippen molar-refractivity contribution in [2.45, 2.75) is 19.9 Å². The molecule has 0 bridgehead atoms. The number of methoxy groups -OCH3 is 1. The molecule has 0 aliphatic rings. The van der Waals surface area contributed by atoms with Gasteiger partial charge in [-0.3, -0.25) is 4.79 Å². The van der Waals surface area contributed by atoms with Gasteiger partial charge in [0.15, 0.2) is 0 Å². The molecule has 1 aromatic carbocycles. The molecule has 0 heterocycles. The Bertz CT molecular complexity index is 423. The summed E-state index contributed by atoms with van der Waals surface area (Å²) in [5, 5.41) is 0. The number of hydrogen-bond acceptors (Lipinski definition) is 2. The van der Waals surface area contributed by atoms with Gasteiger partial charge in [0.05, 0.1) is 16.6 Å². The Hall–Kier alpha value is -0.940. The maximum absolute atomic E-state index is 13.9. The second-order valence-electron chi connectivity index (χ2n) is 4.19. The van der Waals surface area contributed by atoms with E-state index in [4.69, 9.17) is 4.74 Å². The van der Waals surface area contributed by atoms with Crippen LogP contribution in [0, 0.1) is 5.82 Å². The van der Waals surface area contributed by atoms with Gasteiger partial charge in [0.1, 0.15) is 5.82 Å². The monoisotopic (exact) mass is 317 g/mol. The van der Waals surface area contributed by atoms with E-state index in [1.54, 1.807) is 24.1 Å². The van der Waals surface area contributed by atoms with E-state index in [1.807, 2.05) is 13.8 Å². The van der Waals surface area contributed by atoms with Gasteiger partial charge in [0, 0.05) is 19.7 Å². The molecule has 1 rings (SSSR count). The fraction of sp³-hybridized carbons (Fsp3) is 0.462. The normalized spacial score (nSPS) is 10.8. The number of carbonyl (C=O) groups excluding carboxylic acids is 1. The van der Waals surface area contributed by atoms with Crippen molar-refractivity contribution in [3.63, 3.8) is 0 Å². The first-order valence-corrected chi connectivity index (χ1v) is 6.52. The fourth-order valence-electron chi connectivity index (χ4n) is 1.61. The van der Waals surface area contributed by atoms with Crippen molar-refractivity contribution in [1.82, 2.24) is 4.90 Å². The second-order valence-corrected chi connectivity index (χ2v) is 5.04. The Labute approximate surface area is 115 Å². The van der Waals surface area contributed by atoms with Crippen LogP contribution in [0.15, 0.2) is 22.7 Å². The number of rotatable bonds is 5. The van der Waals surface area contributed by atoms with Gasteiger partial charge in [0.2, 0.25) is 0 Å². The standard InChI is InChI=1S/C13H17BrFNO2/c1-9(2)16(7-8-18-3)13(17)10-5-4-6-11(14)12(10)15/h4-6,9H,7-8H2,1-3H3. The van der Waals surface area contributed by atoms with Crippen LogP contribution in [0.2, 0.25) is 0 Å². The summed E-state index contributed by atoms with van der Waals surface area (Å²) in [7, 11) is 1.57. The summed E-state index contributed by atoms with van der Waals surface area (Å²) < 4.78 is 19.1. The van der Waals surface area contributed by atoms with Crippen LogP contribution in [-0.2, 0) is 4.74 Å². The first-order valence-electron chi connectivity index (χ1n) is 5.73. The van der Waals surface area contributed by atoms with Gasteiger partial charge in [-0.25, -0.2) is 4.39 Å². The Morgan fingerprint density at radius 2 is 2.17 bits per heavy atom. The highest BCUT2D eigenvalue weighted by Gasteiger charge is 2.22. The first kappa shape index (κ1) is 15.1. The quantitative estimate of drug-likeness (QED) is 0.835. The fourth-order valence-corrected chi connectivity index (χ4v) is 1.97. The molecule has 0 aromatic heterocycles. The predicted octanol–water partition coefficient (Wildman–Crippen LogP) is 3.09. The molecule has 0 N–H and O–H groups in total. The van der Waals surface area contributed by atoms with E-state index in [2.05, 4.69) is 15.9 Å². The predicted molar refractivity (Wildman–Crippen MR) is 72.1 cm³/mol. The van der Waals surface area contributed by atoms with E-state index in [1.165, 1.54) is 6.07 Å². The Kier molecular flexibility index (Phi) is 5.75. The SMILES string of the molecule is COCCN(C(=O)c1cccc(Br)c1F)C(C)C. The topological polar surface area (TPSA) is 29.5 Å². The van der Waals surface area contributed by atoms with Gasteiger partial charge in [-0.15, -0.1) is 0 Å². The Morgan fingerprint density at radius 3 is 2.72 bits per heavy atom. The van der Waals surface area contributed by atoms with E-state index in [0.717, 1.165) is 0 Å². The molecule has 0 spiro atoms. The molecule has 0 unspecified atom stereocenters. The zero-order valence-corrected chi connectivity index (χ0v) is 12.3. The molecule has 5 heteroatoms. The number of carbonyl (C=O) groups is 1. The van der Waals surface area contributed by atoms with E-state index in [0.29, 0.717) is 17.6 Å². The van der Waals surface area contributed by atoms with Crippen LogP contribution in [0.5, 0.6) is 0 Å². The van der Waals surface area contributed by atoms with Crippen molar-refractivity contribution in [3.8, 4) is 0 Å². The summed E-state index contributed by atoms with van der Waals surface area (Å²) in [6.07, 6.45) is 0. The van der Waals surface area contributed by atoms with Crippen molar-refractivity contribution in [2.24, 2.45) is 0 Å². The molecular formula is C13H17BrFNO2. The summed E-state index contributed by atoms with van der Waals surface area (Å²) in [5.41, 5.74) is 0.0779. The van der Waals surface area contributed by atoms with Crippen molar-refractivity contribution < 1.29 is 13.9 Å². The minimum absolute atomic E-state index is 0.00830. The third kappa shape index (κ3) is 3.53. The number of halogens is 2. The van der Waals surface area contributed by atoms with Crippen LogP contribution >= 0.6 is 15.9 Å². The van der Waals surface area contributed by atoms with Crippen molar-refractivity contribution >= 4 is 21.8 Å². The van der Waals surface area contributed by atoms with E-state index < -0.39 is 5.82 Å². The first-order chi connectivity index (χ1) is 8.49. The second kappa shape index (κ2) is 6.85. The highest BCUT2D eigenvalue weighted by molar-refractivity contribution is 9.10. The van der Waals surface area contributed by atoms with Crippen LogP contribution in [0.4, 0.5) is 4.39 Å². The molecule has 0 saturated heterocycles. The minimum atomic E-state index is -0.523. The summed E-state index contributed by atoms with van der Waals surface area (Å²) >= 11 is 3.08. The Morgan fingerprint density at radius 1 is 1.50 bits per heavy atom. The van der Waals surface area contributed by atoms with E-state index in [-0.39, 0.29) is 17.5 Å². The summed E-state index contributed by atoms with van der Waals surface area (Å²) in [4.78, 5) is 13.9. The third-order valence-electron chi connectivity index (χ3n) is 2.60. The summed E-state index contributed by atoms with van der Waals surface area (Å²) in [6.45, 7) is 4.66. The molecule has 18 heavy (non-hydrogen) atoms. The number of ether oxygens (including phenoxy) is 1. The van der Waals surface area contributed by atoms with Gasteiger partial charge in [-0.05, 0) is 41.9 Å². The zero-order chi connectivity index (χ0) is 13.7. The lowest BCUT2D eigenvalue weighted by molar-refractivity contribution is 0.0630. The molecule has 0 radical (unpaired) electrons. The maximum atomic E-state index is 13.9. The molecule has 3 nitrogen and oxygen atoms in total. The molecule has 0 aliphatic carbocycles. The highest BCUT2D eigenvalue weighted by Crippen LogP contribution is 2.20. The van der Waals surface area contributed by atoms with Crippen LogP contribution in [0.3, 0.4) is 0 Å². The Balaban J connectivity index is 2.98. The number of hydrogen-bond donors (Lipinski definition) is 0. The molecule has 1 amide bonds. The van der Waals surface area contributed by atoms with Crippen molar-refractivity contribution in [1.29, 1.82) is 0 Å². The minimum Gasteiger partial charge on any atom is -0.383 e. The molecule has 0 atom stereocenters. The van der Waals surface area contributed by atoms with Gasteiger partial charge in [0.25, 0.3) is 5.91 Å². The van der Waals surface area contributed by atoms with Crippen LogP contribution in [-0.4, -0.2) is 37.1 Å². The average Bonchev–Trinajstić information content (AvgIpc) is 2.32. The molecule has 0 saturated carbocycles. The van der Waals surface area contributed by atoms with Gasteiger partial charge in [-0.1, -0.05) is 6.07 Å². The zero-order valence-electron chi connectivity index (χ0n) is 10.7. The van der Waals surface area contributed by atoms with Gasteiger partial charge in [-0.2, -0.15) is 0 Å². The molecule has 0 aliphatic heterocycles. The smallest absolute Gasteiger partial charge is 0.257 e. The van der Waals surface area contributed by atoms with E-state index >= 15 is 0 Å². The van der Waals surface area contributed by atoms with Crippen molar-refractivity contribution in [3.05, 3.63) is 34.1 Å². The largest absolute Gasteiger partial charge is 0.383 e. The van der Waals surface area contributed by atoms with Crippen LogP contribution < -0.4 is 0 Å². The van der Waals surface area contributed by atoms with Gasteiger partial charge < -0.3 is 9.64 Å². The van der Waals surface area contributed by atoms with Gasteiger partial charge >= 0.3 is 0 Å². The number of benzene rings is 1. The lowest BCUT2D eigenvalue weighted by Crippen LogP contribution is -2.39. The van der Waals surface area contributed by atoms with E-state index in [9.17, 15) is 9.18 Å². The lowest BCUT2D eigenvalue weighted by atomic mass is 10.1. The highest BCUT2D eigenvalue weighted by atomic mass is 79.9. The molecule has 0 fully saturated rings.